The zero-order valence-corrected chi connectivity index (χ0v) is 17.5. The fourth-order valence-electron chi connectivity index (χ4n) is 2.77. The molecule has 0 saturated carbocycles. The van der Waals surface area contributed by atoms with Gasteiger partial charge in [0.05, 0.1) is 28.7 Å². The minimum atomic E-state index is -4.52. The van der Waals surface area contributed by atoms with Crippen molar-refractivity contribution in [3.63, 3.8) is 0 Å². The summed E-state index contributed by atoms with van der Waals surface area (Å²) in [7, 11) is 0. The normalized spacial score (nSPS) is 15.9. The molecule has 0 fully saturated rings. The Morgan fingerprint density at radius 2 is 2.00 bits per heavy atom. The first-order valence-electron chi connectivity index (χ1n) is 8.84. The molecular formula is C19H17F3N2O4S2. The van der Waals surface area contributed by atoms with Crippen molar-refractivity contribution in [3.05, 3.63) is 40.3 Å². The molecule has 1 atom stereocenters. The molecule has 2 aromatic rings. The molecule has 6 nitrogen and oxygen atoms in total. The number of carbonyl (C=O) groups is 3. The summed E-state index contributed by atoms with van der Waals surface area (Å²) < 4.78 is 43.5. The van der Waals surface area contributed by atoms with Gasteiger partial charge in [-0.2, -0.15) is 13.2 Å². The van der Waals surface area contributed by atoms with Crippen LogP contribution in [0, 0.1) is 6.92 Å². The van der Waals surface area contributed by atoms with Crippen LogP contribution in [-0.2, 0) is 20.5 Å². The summed E-state index contributed by atoms with van der Waals surface area (Å²) in [6.07, 6.45) is -4.73. The van der Waals surface area contributed by atoms with Crippen molar-refractivity contribution in [2.45, 2.75) is 36.6 Å². The van der Waals surface area contributed by atoms with Crippen molar-refractivity contribution in [3.8, 4) is 0 Å². The van der Waals surface area contributed by atoms with Gasteiger partial charge in [0, 0.05) is 16.2 Å². The molecule has 0 saturated heterocycles. The van der Waals surface area contributed by atoms with Crippen LogP contribution < -0.4 is 10.6 Å². The number of hydrogen-bond acceptors (Lipinski definition) is 6. The number of anilines is 2. The number of aryl methyl sites for hydroxylation is 1. The van der Waals surface area contributed by atoms with Crippen molar-refractivity contribution < 1.29 is 32.3 Å². The van der Waals surface area contributed by atoms with Crippen molar-refractivity contribution in [1.29, 1.82) is 0 Å². The van der Waals surface area contributed by atoms with Crippen molar-refractivity contribution in [2.75, 3.05) is 17.2 Å². The maximum absolute atomic E-state index is 12.8. The van der Waals surface area contributed by atoms with Gasteiger partial charge >= 0.3 is 12.1 Å². The van der Waals surface area contributed by atoms with Crippen molar-refractivity contribution in [1.82, 2.24) is 0 Å². The van der Waals surface area contributed by atoms with E-state index in [2.05, 4.69) is 10.6 Å². The van der Waals surface area contributed by atoms with Gasteiger partial charge in [-0.3, -0.25) is 9.59 Å². The number of amides is 2. The Bertz CT molecular complexity index is 1000. The first-order valence-corrected chi connectivity index (χ1v) is 10.5. The molecule has 1 aromatic carbocycles. The van der Waals surface area contributed by atoms with Gasteiger partial charge in [-0.25, -0.2) is 4.79 Å². The zero-order chi connectivity index (χ0) is 22.1. The molecule has 0 aliphatic carbocycles. The Morgan fingerprint density at radius 3 is 2.67 bits per heavy atom. The van der Waals surface area contributed by atoms with Gasteiger partial charge in [-0.05, 0) is 38.1 Å². The molecule has 3 rings (SSSR count). The van der Waals surface area contributed by atoms with E-state index in [-0.39, 0.29) is 24.3 Å². The molecule has 1 aromatic heterocycles. The first-order chi connectivity index (χ1) is 14.1. The van der Waals surface area contributed by atoms with E-state index < -0.39 is 34.8 Å². The summed E-state index contributed by atoms with van der Waals surface area (Å²) in [6, 6.07) is 4.68. The van der Waals surface area contributed by atoms with Crippen LogP contribution in [0.25, 0.3) is 0 Å². The number of thioether (sulfide) groups is 1. The van der Waals surface area contributed by atoms with E-state index in [0.29, 0.717) is 9.90 Å². The molecule has 1 aliphatic heterocycles. The highest BCUT2D eigenvalue weighted by Crippen LogP contribution is 2.40. The van der Waals surface area contributed by atoms with Crippen LogP contribution in [0.15, 0.2) is 29.2 Å². The number of benzene rings is 1. The number of rotatable bonds is 5. The topological polar surface area (TPSA) is 84.5 Å². The highest BCUT2D eigenvalue weighted by atomic mass is 32.2. The second kappa shape index (κ2) is 8.68. The van der Waals surface area contributed by atoms with E-state index >= 15 is 0 Å². The summed E-state index contributed by atoms with van der Waals surface area (Å²) in [5.74, 6) is -1.61. The summed E-state index contributed by atoms with van der Waals surface area (Å²) in [4.78, 5) is 38.0. The number of carbonyl (C=O) groups excluding carboxylic acids is 3. The fourth-order valence-corrected chi connectivity index (χ4v) is 4.78. The van der Waals surface area contributed by atoms with Crippen LogP contribution in [0.3, 0.4) is 0 Å². The maximum atomic E-state index is 12.8. The van der Waals surface area contributed by atoms with Gasteiger partial charge < -0.3 is 15.4 Å². The van der Waals surface area contributed by atoms with Gasteiger partial charge in [-0.15, -0.1) is 23.1 Å². The van der Waals surface area contributed by atoms with Gasteiger partial charge in [0.1, 0.15) is 5.00 Å². The molecule has 1 aliphatic rings. The maximum Gasteiger partial charge on any atom is 0.416 e. The first kappa shape index (κ1) is 22.2. The number of hydrogen-bond donors (Lipinski definition) is 2. The molecule has 30 heavy (non-hydrogen) atoms. The van der Waals surface area contributed by atoms with E-state index in [4.69, 9.17) is 4.74 Å². The summed E-state index contributed by atoms with van der Waals surface area (Å²) in [5, 5.41) is 4.57. The zero-order valence-electron chi connectivity index (χ0n) is 15.9. The second-order valence-corrected chi connectivity index (χ2v) is 8.88. The highest BCUT2D eigenvalue weighted by molar-refractivity contribution is 8.01. The smallest absolute Gasteiger partial charge is 0.416 e. The van der Waals surface area contributed by atoms with Gasteiger partial charge in [-0.1, -0.05) is 0 Å². The molecule has 2 heterocycles. The standard InChI is InChI=1S/C19H17F3N2O4S2/c1-3-28-18(27)11-6-9(2)29-17(11)24-15(25)8-14-16(26)23-12-7-10(19(20,21)22)4-5-13(12)30-14/h4-7,14H,3,8H2,1-2H3,(H,23,26)(H,24,25)/t14-/m0/s1. The van der Waals surface area contributed by atoms with Gasteiger partial charge in [0.2, 0.25) is 11.8 Å². The average Bonchev–Trinajstić information content (AvgIpc) is 3.01. The molecule has 160 valence electrons. The van der Waals surface area contributed by atoms with E-state index in [1.54, 1.807) is 19.9 Å². The Balaban J connectivity index is 1.70. The number of thiophene rings is 1. The molecule has 0 unspecified atom stereocenters. The lowest BCUT2D eigenvalue weighted by atomic mass is 10.1. The third-order valence-electron chi connectivity index (χ3n) is 4.10. The SMILES string of the molecule is CCOC(=O)c1cc(C)sc1NC(=O)C[C@@H]1Sc2ccc(C(F)(F)F)cc2NC1=O. The van der Waals surface area contributed by atoms with Crippen LogP contribution >= 0.6 is 23.1 Å². The second-order valence-electron chi connectivity index (χ2n) is 6.38. The largest absolute Gasteiger partial charge is 0.462 e. The molecular weight excluding hydrogens is 441 g/mol. The van der Waals surface area contributed by atoms with Crippen molar-refractivity contribution in [2.24, 2.45) is 0 Å². The van der Waals surface area contributed by atoms with Crippen molar-refractivity contribution >= 4 is 51.6 Å². The number of nitrogens with one attached hydrogen (secondary N) is 2. The summed E-state index contributed by atoms with van der Waals surface area (Å²) in [5.41, 5.74) is -0.564. The number of alkyl halides is 3. The monoisotopic (exact) mass is 458 g/mol. The van der Waals surface area contributed by atoms with E-state index in [1.165, 1.54) is 17.4 Å². The quantitative estimate of drug-likeness (QED) is 0.635. The Morgan fingerprint density at radius 1 is 1.27 bits per heavy atom. The van der Waals surface area contributed by atoms with Crippen LogP contribution in [0.5, 0.6) is 0 Å². The number of esters is 1. The van der Waals surface area contributed by atoms with Gasteiger partial charge in [0.15, 0.2) is 0 Å². The summed E-state index contributed by atoms with van der Waals surface area (Å²) >= 11 is 2.22. The van der Waals surface area contributed by atoms with E-state index in [0.717, 1.165) is 28.8 Å². The average molecular weight is 458 g/mol. The Kier molecular flexibility index (Phi) is 6.41. The number of halogens is 3. The van der Waals surface area contributed by atoms with Crippen LogP contribution in [-0.4, -0.2) is 29.6 Å². The number of ether oxygens (including phenoxy) is 1. The molecule has 0 radical (unpaired) electrons. The third-order valence-corrected chi connectivity index (χ3v) is 6.34. The predicted molar refractivity (Wildman–Crippen MR) is 108 cm³/mol. The lowest BCUT2D eigenvalue weighted by molar-refractivity contribution is -0.137. The number of fused-ring (bicyclic) bond motifs is 1. The molecule has 11 heteroatoms. The van der Waals surface area contributed by atoms with E-state index in [1.807, 2.05) is 0 Å². The lowest BCUT2D eigenvalue weighted by Gasteiger charge is -2.24. The third kappa shape index (κ3) is 4.96. The minimum absolute atomic E-state index is 0.0648. The molecule has 2 N–H and O–H groups in total. The van der Waals surface area contributed by atoms with Crippen LogP contribution in [0.4, 0.5) is 23.9 Å². The van der Waals surface area contributed by atoms with Crippen LogP contribution in [0.1, 0.15) is 34.1 Å². The highest BCUT2D eigenvalue weighted by Gasteiger charge is 2.34. The van der Waals surface area contributed by atoms with Crippen LogP contribution in [0.2, 0.25) is 0 Å². The molecule has 0 bridgehead atoms. The van der Waals surface area contributed by atoms with Gasteiger partial charge in [0.25, 0.3) is 0 Å². The Labute approximate surface area is 178 Å². The van der Waals surface area contributed by atoms with E-state index in [9.17, 15) is 27.6 Å². The lowest BCUT2D eigenvalue weighted by Crippen LogP contribution is -2.32. The fraction of sp³-hybridized carbons (Fsp3) is 0.316. The Hall–Kier alpha value is -2.53. The predicted octanol–water partition coefficient (Wildman–Crippen LogP) is 4.69. The minimum Gasteiger partial charge on any atom is -0.462 e. The molecule has 2 amide bonds. The summed E-state index contributed by atoms with van der Waals surface area (Å²) in [6.45, 7) is 3.64. The molecule has 0 spiro atoms.